The highest BCUT2D eigenvalue weighted by Gasteiger charge is 2.25. The molecule has 1 saturated heterocycles. The number of nitrogens with zero attached hydrogens (tertiary/aromatic N) is 1. The van der Waals surface area contributed by atoms with E-state index in [-0.39, 0.29) is 36.7 Å². The van der Waals surface area contributed by atoms with Gasteiger partial charge in [-0.3, -0.25) is 4.90 Å². The minimum atomic E-state index is -0.0652. The summed E-state index contributed by atoms with van der Waals surface area (Å²) >= 11 is 2.26. The van der Waals surface area contributed by atoms with Gasteiger partial charge in [-0.25, -0.2) is 4.39 Å². The van der Waals surface area contributed by atoms with Crippen LogP contribution in [0.3, 0.4) is 0 Å². The van der Waals surface area contributed by atoms with Gasteiger partial charge in [0.25, 0.3) is 0 Å². The van der Waals surface area contributed by atoms with Crippen molar-refractivity contribution in [3.05, 3.63) is 33.1 Å². The van der Waals surface area contributed by atoms with Crippen LogP contribution in [0.4, 0.5) is 4.39 Å². The standard InChI is InChI=1S/C15H22FIN2.2ClH/c1-11(2)9-15(19-7-5-18-6-8-19)13-10-12(17)3-4-14(13)16;;/h3-4,10-11,15,18H,5-9H2,1-2H3;2*1H/t15-;;/m0../s1. The zero-order chi connectivity index (χ0) is 13.8. The number of hydrogen-bond acceptors (Lipinski definition) is 2. The second-order valence-electron chi connectivity index (χ2n) is 5.60. The lowest BCUT2D eigenvalue weighted by molar-refractivity contribution is 0.151. The van der Waals surface area contributed by atoms with Gasteiger partial charge < -0.3 is 5.32 Å². The van der Waals surface area contributed by atoms with Crippen molar-refractivity contribution in [1.29, 1.82) is 0 Å². The molecule has 1 aliphatic rings. The minimum Gasteiger partial charge on any atom is -0.314 e. The third-order valence-corrected chi connectivity index (χ3v) is 4.28. The monoisotopic (exact) mass is 448 g/mol. The smallest absolute Gasteiger partial charge is 0.128 e. The molecule has 1 atom stereocenters. The number of halogens is 4. The van der Waals surface area contributed by atoms with Gasteiger partial charge in [-0.1, -0.05) is 13.8 Å². The zero-order valence-electron chi connectivity index (χ0n) is 12.4. The summed E-state index contributed by atoms with van der Waals surface area (Å²) in [4.78, 5) is 2.42. The Morgan fingerprint density at radius 1 is 1.24 bits per heavy atom. The van der Waals surface area contributed by atoms with E-state index in [2.05, 4.69) is 46.7 Å². The molecule has 21 heavy (non-hydrogen) atoms. The van der Waals surface area contributed by atoms with Gasteiger partial charge in [0.15, 0.2) is 0 Å². The van der Waals surface area contributed by atoms with Crippen LogP contribution in [0.1, 0.15) is 31.9 Å². The Hall–Kier alpha value is 0.380. The van der Waals surface area contributed by atoms with Gasteiger partial charge in [0.1, 0.15) is 5.82 Å². The SMILES string of the molecule is CC(C)C[C@@H](c1cc(I)ccc1F)N1CCNCC1.Cl.Cl. The average molecular weight is 449 g/mol. The number of piperazine rings is 1. The Balaban J connectivity index is 0.00000200. The highest BCUT2D eigenvalue weighted by Crippen LogP contribution is 2.30. The van der Waals surface area contributed by atoms with Crippen molar-refractivity contribution in [3.63, 3.8) is 0 Å². The fourth-order valence-electron chi connectivity index (χ4n) is 2.68. The highest BCUT2D eigenvalue weighted by molar-refractivity contribution is 14.1. The van der Waals surface area contributed by atoms with Crippen molar-refractivity contribution in [2.75, 3.05) is 26.2 Å². The minimum absolute atomic E-state index is 0. The molecular weight excluding hydrogens is 425 g/mol. The number of hydrogen-bond donors (Lipinski definition) is 1. The first-order valence-corrected chi connectivity index (χ1v) is 8.05. The third kappa shape index (κ3) is 6.18. The van der Waals surface area contributed by atoms with Crippen LogP contribution in [-0.2, 0) is 0 Å². The van der Waals surface area contributed by atoms with Crippen molar-refractivity contribution >= 4 is 47.4 Å². The molecule has 1 N–H and O–H groups in total. The fraction of sp³-hybridized carbons (Fsp3) is 0.600. The lowest BCUT2D eigenvalue weighted by Gasteiger charge is -2.36. The maximum Gasteiger partial charge on any atom is 0.128 e. The highest BCUT2D eigenvalue weighted by atomic mass is 127. The largest absolute Gasteiger partial charge is 0.314 e. The zero-order valence-corrected chi connectivity index (χ0v) is 16.2. The van der Waals surface area contributed by atoms with Gasteiger partial charge in [-0.05, 0) is 53.1 Å². The van der Waals surface area contributed by atoms with Crippen LogP contribution < -0.4 is 5.32 Å². The second kappa shape index (κ2) is 10.2. The van der Waals surface area contributed by atoms with Crippen LogP contribution in [-0.4, -0.2) is 31.1 Å². The first-order valence-electron chi connectivity index (χ1n) is 6.97. The summed E-state index contributed by atoms with van der Waals surface area (Å²) in [6.45, 7) is 8.42. The molecule has 0 amide bonds. The van der Waals surface area contributed by atoms with Gasteiger partial charge in [0.05, 0.1) is 0 Å². The van der Waals surface area contributed by atoms with Gasteiger partial charge in [0.2, 0.25) is 0 Å². The van der Waals surface area contributed by atoms with Crippen LogP contribution in [0.2, 0.25) is 0 Å². The Bertz CT molecular complexity index is 426. The molecule has 2 rings (SSSR count). The maximum atomic E-state index is 14.2. The lowest BCUT2D eigenvalue weighted by Crippen LogP contribution is -2.45. The van der Waals surface area contributed by atoms with Gasteiger partial charge in [0, 0.05) is 41.4 Å². The van der Waals surface area contributed by atoms with Crippen molar-refractivity contribution in [1.82, 2.24) is 10.2 Å². The molecule has 1 aromatic carbocycles. The maximum absolute atomic E-state index is 14.2. The van der Waals surface area contributed by atoms with E-state index in [0.29, 0.717) is 5.92 Å². The van der Waals surface area contributed by atoms with Crippen molar-refractivity contribution in [2.45, 2.75) is 26.3 Å². The van der Waals surface area contributed by atoms with Gasteiger partial charge >= 0.3 is 0 Å². The Morgan fingerprint density at radius 3 is 2.43 bits per heavy atom. The van der Waals surface area contributed by atoms with Crippen LogP contribution in [0, 0.1) is 15.3 Å². The number of benzene rings is 1. The first kappa shape index (κ1) is 21.4. The predicted molar refractivity (Wildman–Crippen MR) is 100 cm³/mol. The third-order valence-electron chi connectivity index (χ3n) is 3.60. The van der Waals surface area contributed by atoms with E-state index in [1.54, 1.807) is 6.07 Å². The van der Waals surface area contributed by atoms with Crippen LogP contribution >= 0.6 is 47.4 Å². The van der Waals surface area contributed by atoms with Crippen LogP contribution in [0.15, 0.2) is 18.2 Å². The van der Waals surface area contributed by atoms with Gasteiger partial charge in [-0.2, -0.15) is 0 Å². The Kier molecular flexibility index (Phi) is 10.4. The fourth-order valence-corrected chi connectivity index (χ4v) is 3.20. The summed E-state index contributed by atoms with van der Waals surface area (Å²) in [5.41, 5.74) is 0.863. The van der Waals surface area contributed by atoms with Crippen LogP contribution in [0.5, 0.6) is 0 Å². The molecule has 122 valence electrons. The van der Waals surface area contributed by atoms with E-state index in [1.165, 1.54) is 0 Å². The molecule has 0 aliphatic carbocycles. The Labute approximate surface area is 153 Å². The normalized spacial score (nSPS) is 17.0. The van der Waals surface area contributed by atoms with Crippen molar-refractivity contribution in [3.8, 4) is 0 Å². The molecule has 0 saturated carbocycles. The van der Waals surface area contributed by atoms with Crippen molar-refractivity contribution in [2.24, 2.45) is 5.92 Å². The average Bonchev–Trinajstić information content (AvgIpc) is 2.40. The summed E-state index contributed by atoms with van der Waals surface area (Å²) in [6, 6.07) is 5.65. The molecule has 0 radical (unpaired) electrons. The quantitative estimate of drug-likeness (QED) is 0.692. The molecule has 0 aromatic heterocycles. The molecule has 2 nitrogen and oxygen atoms in total. The summed E-state index contributed by atoms with van der Waals surface area (Å²) in [5, 5.41) is 3.36. The molecule has 1 heterocycles. The lowest BCUT2D eigenvalue weighted by atomic mass is 9.94. The molecule has 1 aromatic rings. The molecule has 6 heteroatoms. The molecule has 1 fully saturated rings. The van der Waals surface area contributed by atoms with E-state index >= 15 is 0 Å². The van der Waals surface area contributed by atoms with E-state index in [4.69, 9.17) is 0 Å². The summed E-state index contributed by atoms with van der Waals surface area (Å²) in [5.74, 6) is 0.502. The van der Waals surface area contributed by atoms with Crippen molar-refractivity contribution < 1.29 is 4.39 Å². The van der Waals surface area contributed by atoms with E-state index in [0.717, 1.165) is 41.7 Å². The number of nitrogens with one attached hydrogen (secondary N) is 1. The first-order chi connectivity index (χ1) is 9.08. The Morgan fingerprint density at radius 2 is 1.86 bits per heavy atom. The summed E-state index contributed by atoms with van der Waals surface area (Å²) in [6.07, 6.45) is 1.01. The number of rotatable bonds is 4. The van der Waals surface area contributed by atoms with E-state index in [9.17, 15) is 4.39 Å². The molecular formula is C15H24Cl2FIN2. The topological polar surface area (TPSA) is 15.3 Å². The summed E-state index contributed by atoms with van der Waals surface area (Å²) in [7, 11) is 0. The van der Waals surface area contributed by atoms with E-state index in [1.807, 2.05) is 12.1 Å². The molecule has 0 bridgehead atoms. The predicted octanol–water partition coefficient (Wildman–Crippen LogP) is 4.27. The molecule has 1 aliphatic heterocycles. The summed E-state index contributed by atoms with van der Waals surface area (Å²) < 4.78 is 15.3. The molecule has 0 unspecified atom stereocenters. The van der Waals surface area contributed by atoms with Gasteiger partial charge in [-0.15, -0.1) is 24.8 Å². The van der Waals surface area contributed by atoms with Crippen LogP contribution in [0.25, 0.3) is 0 Å². The molecule has 0 spiro atoms. The second-order valence-corrected chi connectivity index (χ2v) is 6.84. The van der Waals surface area contributed by atoms with E-state index < -0.39 is 0 Å².